The molecule has 0 amide bonds. The Hall–Kier alpha value is 0. The van der Waals surface area contributed by atoms with Gasteiger partial charge in [0.25, 0.3) is 0 Å². The molecule has 0 radical (unpaired) electrons. The summed E-state index contributed by atoms with van der Waals surface area (Å²) < 4.78 is 0. The van der Waals surface area contributed by atoms with Crippen LogP contribution in [-0.2, 0) is 0 Å². The fourth-order valence-corrected chi connectivity index (χ4v) is 4.62. The first kappa shape index (κ1) is 6.51. The van der Waals surface area contributed by atoms with E-state index in [0.29, 0.717) is 5.41 Å². The summed E-state index contributed by atoms with van der Waals surface area (Å²) in [7, 11) is 0. The van der Waals surface area contributed by atoms with Crippen molar-refractivity contribution in [1.29, 1.82) is 0 Å². The van der Waals surface area contributed by atoms with Gasteiger partial charge in [-0.3, -0.25) is 0 Å². The van der Waals surface area contributed by atoms with Crippen LogP contribution in [0.25, 0.3) is 0 Å². The zero-order valence-electron chi connectivity index (χ0n) is 7.91. The Labute approximate surface area is 69.4 Å². The van der Waals surface area contributed by atoms with Crippen LogP contribution in [0.1, 0.15) is 46.5 Å². The Morgan fingerprint density at radius 1 is 1.09 bits per heavy atom. The van der Waals surface area contributed by atoms with Crippen LogP contribution >= 0.6 is 0 Å². The number of hydrogen-bond donors (Lipinski definition) is 0. The van der Waals surface area contributed by atoms with E-state index in [4.69, 9.17) is 0 Å². The highest BCUT2D eigenvalue weighted by molar-refractivity contribution is 5.28. The van der Waals surface area contributed by atoms with Crippen LogP contribution in [-0.4, -0.2) is 0 Å². The molecule has 62 valence electrons. The molecule has 1 spiro atoms. The molecule has 0 aliphatic heterocycles. The van der Waals surface area contributed by atoms with Gasteiger partial charge in [-0.2, -0.15) is 0 Å². The summed E-state index contributed by atoms with van der Waals surface area (Å²) in [4.78, 5) is 0. The lowest BCUT2D eigenvalue weighted by Crippen LogP contribution is -2.44. The van der Waals surface area contributed by atoms with E-state index in [1.165, 1.54) is 19.3 Å². The average molecular weight is 150 g/mol. The molecule has 3 unspecified atom stereocenters. The van der Waals surface area contributed by atoms with Gasteiger partial charge in [-0.05, 0) is 47.8 Å². The lowest BCUT2D eigenvalue weighted by Gasteiger charge is -2.52. The highest BCUT2D eigenvalue weighted by Gasteiger charge is 2.79. The molecule has 3 saturated carbocycles. The second-order valence-corrected chi connectivity index (χ2v) is 6.15. The van der Waals surface area contributed by atoms with Crippen LogP contribution in [0.4, 0.5) is 0 Å². The van der Waals surface area contributed by atoms with Gasteiger partial charge in [0.15, 0.2) is 0 Å². The van der Waals surface area contributed by atoms with Gasteiger partial charge in [0.1, 0.15) is 0 Å². The van der Waals surface area contributed by atoms with E-state index in [2.05, 4.69) is 20.8 Å². The molecule has 0 heterocycles. The maximum absolute atomic E-state index is 2.52. The third-order valence-corrected chi connectivity index (χ3v) is 5.15. The van der Waals surface area contributed by atoms with Gasteiger partial charge in [-0.15, -0.1) is 0 Å². The van der Waals surface area contributed by atoms with E-state index in [1.54, 1.807) is 6.42 Å². The predicted octanol–water partition coefficient (Wildman–Crippen LogP) is 3.22. The van der Waals surface area contributed by atoms with Crippen LogP contribution in [0.3, 0.4) is 0 Å². The maximum atomic E-state index is 2.52. The van der Waals surface area contributed by atoms with E-state index in [0.717, 1.165) is 16.7 Å². The van der Waals surface area contributed by atoms with Crippen LogP contribution in [0.2, 0.25) is 0 Å². The van der Waals surface area contributed by atoms with Crippen molar-refractivity contribution in [2.24, 2.45) is 22.2 Å². The molecular weight excluding hydrogens is 132 g/mol. The van der Waals surface area contributed by atoms with Crippen molar-refractivity contribution >= 4 is 0 Å². The van der Waals surface area contributed by atoms with E-state index >= 15 is 0 Å². The van der Waals surface area contributed by atoms with Crippen molar-refractivity contribution in [2.75, 3.05) is 0 Å². The normalized spacial score (nSPS) is 63.0. The van der Waals surface area contributed by atoms with Gasteiger partial charge < -0.3 is 0 Å². The molecule has 3 aliphatic rings. The fraction of sp³-hybridized carbons (Fsp3) is 1.00. The average Bonchev–Trinajstić information content (AvgIpc) is 2.30. The second-order valence-electron chi connectivity index (χ2n) is 6.15. The molecule has 0 aromatic carbocycles. The number of rotatable bonds is 0. The summed E-state index contributed by atoms with van der Waals surface area (Å²) in [6, 6.07) is 0. The summed E-state index contributed by atoms with van der Waals surface area (Å²) in [5.41, 5.74) is 2.39. The van der Waals surface area contributed by atoms with E-state index < -0.39 is 0 Å². The van der Waals surface area contributed by atoms with Crippen molar-refractivity contribution in [3.05, 3.63) is 0 Å². The molecule has 0 heteroatoms. The summed E-state index contributed by atoms with van der Waals surface area (Å²) in [5.74, 6) is 1.10. The summed E-state index contributed by atoms with van der Waals surface area (Å²) in [5, 5.41) is 0. The lowest BCUT2D eigenvalue weighted by molar-refractivity contribution is -0.0285. The van der Waals surface area contributed by atoms with Gasteiger partial charge in [-0.1, -0.05) is 20.8 Å². The van der Waals surface area contributed by atoms with Crippen LogP contribution in [0.15, 0.2) is 0 Å². The zero-order chi connectivity index (χ0) is 7.91. The topological polar surface area (TPSA) is 0 Å². The summed E-state index contributed by atoms with van der Waals surface area (Å²) >= 11 is 0. The minimum absolute atomic E-state index is 0.703. The zero-order valence-corrected chi connectivity index (χ0v) is 7.91. The van der Waals surface area contributed by atoms with Gasteiger partial charge in [-0.25, -0.2) is 0 Å². The third-order valence-electron chi connectivity index (χ3n) is 5.15. The predicted molar refractivity (Wildman–Crippen MR) is 46.3 cm³/mol. The summed E-state index contributed by atoms with van der Waals surface area (Å²) in [6.45, 7) is 7.45. The first-order valence-corrected chi connectivity index (χ1v) is 5.00. The molecule has 0 aromatic heterocycles. The fourth-order valence-electron chi connectivity index (χ4n) is 4.62. The quantitative estimate of drug-likeness (QED) is 0.497. The van der Waals surface area contributed by atoms with Crippen molar-refractivity contribution in [1.82, 2.24) is 0 Å². The lowest BCUT2D eigenvalue weighted by atomic mass is 9.53. The minimum atomic E-state index is 0.703. The highest BCUT2D eigenvalue weighted by atomic mass is 14.8. The van der Waals surface area contributed by atoms with Gasteiger partial charge in [0.05, 0.1) is 0 Å². The summed E-state index contributed by atoms with van der Waals surface area (Å²) in [6.07, 6.45) is 6.15. The SMILES string of the molecule is CC1(C)CC23CC2(C)CCC13. The molecule has 0 bridgehead atoms. The Balaban J connectivity index is 1.97. The Bertz CT molecular complexity index is 224. The van der Waals surface area contributed by atoms with Crippen LogP contribution < -0.4 is 0 Å². The first-order chi connectivity index (χ1) is 5.00. The van der Waals surface area contributed by atoms with Crippen molar-refractivity contribution in [2.45, 2.75) is 46.5 Å². The number of hydrogen-bond acceptors (Lipinski definition) is 0. The smallest absolute Gasteiger partial charge is 0.0199 e. The molecular formula is C11H18. The molecule has 0 N–H and O–H groups in total. The Morgan fingerprint density at radius 2 is 1.82 bits per heavy atom. The monoisotopic (exact) mass is 150 g/mol. The van der Waals surface area contributed by atoms with E-state index in [1.807, 2.05) is 0 Å². The molecule has 0 aromatic rings. The molecule has 3 atom stereocenters. The Kier molecular flexibility index (Phi) is 0.767. The third kappa shape index (κ3) is 0.467. The second kappa shape index (κ2) is 1.30. The molecule has 3 rings (SSSR count). The van der Waals surface area contributed by atoms with E-state index in [-0.39, 0.29) is 0 Å². The molecule has 0 saturated heterocycles. The van der Waals surface area contributed by atoms with Gasteiger partial charge >= 0.3 is 0 Å². The molecule has 3 aliphatic carbocycles. The van der Waals surface area contributed by atoms with Gasteiger partial charge in [0, 0.05) is 0 Å². The van der Waals surface area contributed by atoms with Crippen LogP contribution in [0.5, 0.6) is 0 Å². The molecule has 3 fully saturated rings. The minimum Gasteiger partial charge on any atom is -0.0596 e. The van der Waals surface area contributed by atoms with Crippen molar-refractivity contribution in [3.8, 4) is 0 Å². The largest absolute Gasteiger partial charge is 0.0596 e. The van der Waals surface area contributed by atoms with Crippen molar-refractivity contribution in [3.63, 3.8) is 0 Å². The van der Waals surface area contributed by atoms with Crippen molar-refractivity contribution < 1.29 is 0 Å². The standard InChI is InChI=1S/C11H18/c1-9(2)6-11-7-10(11,3)5-4-8(9)11/h8H,4-7H2,1-3H3. The maximum Gasteiger partial charge on any atom is -0.0199 e. The Morgan fingerprint density at radius 3 is 2.18 bits per heavy atom. The first-order valence-electron chi connectivity index (χ1n) is 5.00. The highest BCUT2D eigenvalue weighted by Crippen LogP contribution is 2.87. The molecule has 0 nitrogen and oxygen atoms in total. The van der Waals surface area contributed by atoms with E-state index in [9.17, 15) is 0 Å². The van der Waals surface area contributed by atoms with Crippen LogP contribution in [0, 0.1) is 22.2 Å². The molecule has 11 heavy (non-hydrogen) atoms. The van der Waals surface area contributed by atoms with Gasteiger partial charge in [0.2, 0.25) is 0 Å².